The molecule has 1 heterocycles. The summed E-state index contributed by atoms with van der Waals surface area (Å²) in [5, 5.41) is 0. The number of fused-ring (bicyclic) bond motifs is 1. The molecule has 3 aromatic carbocycles. The maximum atomic E-state index is 13.3. The Balaban J connectivity index is 1.28. The third-order valence-corrected chi connectivity index (χ3v) is 8.13. The molecule has 1 fully saturated rings. The SMILES string of the molecule is CN(Cc1cccc(C(F)(F)F)c1)CC1(N2CCN(Cc3cccc(C(F)(F)F)c3)CC2)Cc2ccccc2C1. The lowest BCUT2D eigenvalue weighted by atomic mass is 9.91. The number of hydrogen-bond acceptors (Lipinski definition) is 3. The molecule has 0 atom stereocenters. The van der Waals surface area contributed by atoms with E-state index >= 15 is 0 Å². The zero-order chi connectivity index (χ0) is 28.5. The van der Waals surface area contributed by atoms with Gasteiger partial charge in [0, 0.05) is 51.4 Å². The van der Waals surface area contributed by atoms with Gasteiger partial charge in [-0.05, 0) is 54.3 Å². The molecule has 5 rings (SSSR count). The number of likely N-dealkylation sites (N-methyl/N-ethyl adjacent to an activating group) is 1. The Morgan fingerprint density at radius 2 is 1.23 bits per heavy atom. The molecule has 3 aromatic rings. The minimum absolute atomic E-state index is 0.206. The number of hydrogen-bond donors (Lipinski definition) is 0. The predicted molar refractivity (Wildman–Crippen MR) is 143 cm³/mol. The van der Waals surface area contributed by atoms with Crippen molar-refractivity contribution in [3.05, 3.63) is 106 Å². The zero-order valence-corrected chi connectivity index (χ0v) is 22.4. The topological polar surface area (TPSA) is 9.72 Å². The van der Waals surface area contributed by atoms with Gasteiger partial charge in [-0.1, -0.05) is 60.7 Å². The van der Waals surface area contributed by atoms with Gasteiger partial charge in [-0.25, -0.2) is 0 Å². The van der Waals surface area contributed by atoms with Crippen LogP contribution >= 0.6 is 0 Å². The molecule has 0 saturated carbocycles. The quantitative estimate of drug-likeness (QED) is 0.305. The summed E-state index contributed by atoms with van der Waals surface area (Å²) in [6, 6.07) is 19.4. The van der Waals surface area contributed by atoms with Gasteiger partial charge in [-0.15, -0.1) is 0 Å². The third-order valence-electron chi connectivity index (χ3n) is 8.13. The average Bonchev–Trinajstić information content (AvgIpc) is 3.27. The molecule has 0 N–H and O–H groups in total. The second-order valence-corrected chi connectivity index (χ2v) is 11.2. The van der Waals surface area contributed by atoms with Crippen molar-refractivity contribution in [3.8, 4) is 0 Å². The molecule has 0 bridgehead atoms. The van der Waals surface area contributed by atoms with Gasteiger partial charge in [-0.3, -0.25) is 9.80 Å². The Bertz CT molecular complexity index is 1290. The molecule has 0 radical (unpaired) electrons. The maximum Gasteiger partial charge on any atom is 0.416 e. The molecule has 0 aromatic heterocycles. The van der Waals surface area contributed by atoms with E-state index in [2.05, 4.69) is 26.8 Å². The largest absolute Gasteiger partial charge is 0.416 e. The molecule has 2 aliphatic rings. The molecule has 1 aliphatic heterocycles. The first kappa shape index (κ1) is 28.6. The van der Waals surface area contributed by atoms with Crippen LogP contribution in [0.15, 0.2) is 72.8 Å². The summed E-state index contributed by atoms with van der Waals surface area (Å²) in [4.78, 5) is 6.78. The average molecular weight is 562 g/mol. The number of rotatable bonds is 7. The van der Waals surface area contributed by atoms with Gasteiger partial charge < -0.3 is 4.90 Å². The van der Waals surface area contributed by atoms with E-state index in [9.17, 15) is 26.3 Å². The highest BCUT2D eigenvalue weighted by atomic mass is 19.4. The highest BCUT2D eigenvalue weighted by Crippen LogP contribution is 2.37. The van der Waals surface area contributed by atoms with E-state index < -0.39 is 23.5 Å². The lowest BCUT2D eigenvalue weighted by Gasteiger charge is -2.47. The van der Waals surface area contributed by atoms with Crippen LogP contribution in [0.5, 0.6) is 0 Å². The molecule has 0 spiro atoms. The van der Waals surface area contributed by atoms with E-state index in [0.29, 0.717) is 30.8 Å². The van der Waals surface area contributed by atoms with Crippen molar-refractivity contribution in [2.75, 3.05) is 39.8 Å². The minimum Gasteiger partial charge on any atom is -0.300 e. The zero-order valence-electron chi connectivity index (χ0n) is 22.4. The molecule has 1 saturated heterocycles. The van der Waals surface area contributed by atoms with Crippen LogP contribution in [0.3, 0.4) is 0 Å². The number of alkyl halides is 6. The van der Waals surface area contributed by atoms with Crippen LogP contribution in [0.25, 0.3) is 0 Å². The summed E-state index contributed by atoms with van der Waals surface area (Å²) >= 11 is 0. The molecule has 0 unspecified atom stereocenters. The smallest absolute Gasteiger partial charge is 0.300 e. The maximum absolute atomic E-state index is 13.3. The van der Waals surface area contributed by atoms with Crippen molar-refractivity contribution in [2.45, 2.75) is 43.8 Å². The second kappa shape index (κ2) is 11.2. The van der Waals surface area contributed by atoms with Crippen LogP contribution in [0, 0.1) is 0 Å². The normalized spacial score (nSPS) is 18.3. The summed E-state index contributed by atoms with van der Waals surface area (Å²) < 4.78 is 79.3. The van der Waals surface area contributed by atoms with E-state index in [1.165, 1.54) is 35.4 Å². The predicted octanol–water partition coefficient (Wildman–Crippen LogP) is 6.51. The van der Waals surface area contributed by atoms with Crippen LogP contribution < -0.4 is 0 Å². The van der Waals surface area contributed by atoms with E-state index in [0.717, 1.165) is 51.2 Å². The Hall–Kier alpha value is -2.88. The van der Waals surface area contributed by atoms with Crippen molar-refractivity contribution in [3.63, 3.8) is 0 Å². The Kier molecular flexibility index (Phi) is 8.01. The molecule has 1 aliphatic carbocycles. The molecular formula is C31H33F6N3. The van der Waals surface area contributed by atoms with E-state index in [4.69, 9.17) is 0 Å². The lowest BCUT2D eigenvalue weighted by molar-refractivity contribution is -0.138. The van der Waals surface area contributed by atoms with Crippen molar-refractivity contribution >= 4 is 0 Å². The van der Waals surface area contributed by atoms with Gasteiger partial charge in [0.25, 0.3) is 0 Å². The highest BCUT2D eigenvalue weighted by molar-refractivity contribution is 5.37. The molecule has 0 amide bonds. The second-order valence-electron chi connectivity index (χ2n) is 11.2. The van der Waals surface area contributed by atoms with Crippen LogP contribution in [0.4, 0.5) is 26.3 Å². The van der Waals surface area contributed by atoms with Crippen LogP contribution in [-0.4, -0.2) is 60.0 Å². The number of halogens is 6. The van der Waals surface area contributed by atoms with Gasteiger partial charge in [0.1, 0.15) is 0 Å². The monoisotopic (exact) mass is 561 g/mol. The van der Waals surface area contributed by atoms with Gasteiger partial charge in [0.15, 0.2) is 0 Å². The minimum atomic E-state index is -4.38. The van der Waals surface area contributed by atoms with Gasteiger partial charge in [0.05, 0.1) is 11.1 Å². The first-order chi connectivity index (χ1) is 18.9. The van der Waals surface area contributed by atoms with Crippen molar-refractivity contribution in [2.24, 2.45) is 0 Å². The molecule has 3 nitrogen and oxygen atoms in total. The summed E-state index contributed by atoms with van der Waals surface area (Å²) in [5.74, 6) is 0. The fourth-order valence-corrected chi connectivity index (χ4v) is 6.31. The van der Waals surface area contributed by atoms with Crippen LogP contribution in [0.1, 0.15) is 33.4 Å². The number of nitrogens with zero attached hydrogens (tertiary/aromatic N) is 3. The Morgan fingerprint density at radius 3 is 1.77 bits per heavy atom. The standard InChI is InChI=1S/C31H33F6N3/c1-38(20-23-6-4-10-27(16-23)30(32,33)34)22-29(18-25-8-2-3-9-26(25)19-29)40-14-12-39(13-15-40)21-24-7-5-11-28(17-24)31(35,36)37/h2-11,16-17H,12-15,18-22H2,1H3. The summed E-state index contributed by atoms with van der Waals surface area (Å²) in [5.41, 5.74) is 2.37. The van der Waals surface area contributed by atoms with Crippen molar-refractivity contribution in [1.82, 2.24) is 14.7 Å². The molecular weight excluding hydrogens is 528 g/mol. The molecule has 9 heteroatoms. The molecule has 40 heavy (non-hydrogen) atoms. The fraction of sp³-hybridized carbons (Fsp3) is 0.419. The van der Waals surface area contributed by atoms with E-state index in [1.807, 2.05) is 19.2 Å². The Morgan fingerprint density at radius 1 is 0.700 bits per heavy atom. The first-order valence-corrected chi connectivity index (χ1v) is 13.5. The summed E-state index contributed by atoms with van der Waals surface area (Å²) in [6.45, 7) is 4.54. The third kappa shape index (κ3) is 6.53. The van der Waals surface area contributed by atoms with Crippen LogP contribution in [0.2, 0.25) is 0 Å². The molecule has 214 valence electrons. The highest BCUT2D eigenvalue weighted by Gasteiger charge is 2.44. The van der Waals surface area contributed by atoms with Gasteiger partial charge >= 0.3 is 12.4 Å². The first-order valence-electron chi connectivity index (χ1n) is 13.5. The van der Waals surface area contributed by atoms with Gasteiger partial charge in [0.2, 0.25) is 0 Å². The summed E-state index contributed by atoms with van der Waals surface area (Å²) in [6.07, 6.45) is -7.04. The van der Waals surface area contributed by atoms with E-state index in [1.54, 1.807) is 12.1 Å². The Labute approximate surface area is 231 Å². The van der Waals surface area contributed by atoms with Crippen LogP contribution in [-0.2, 0) is 38.3 Å². The number of piperazine rings is 1. The van der Waals surface area contributed by atoms with E-state index in [-0.39, 0.29) is 5.54 Å². The number of benzene rings is 3. The van der Waals surface area contributed by atoms with Crippen molar-refractivity contribution < 1.29 is 26.3 Å². The lowest BCUT2D eigenvalue weighted by Crippen LogP contribution is -2.61. The fourth-order valence-electron chi connectivity index (χ4n) is 6.31. The summed E-state index contributed by atoms with van der Waals surface area (Å²) in [7, 11) is 1.95. The van der Waals surface area contributed by atoms with Gasteiger partial charge in [-0.2, -0.15) is 26.3 Å². The van der Waals surface area contributed by atoms with Crippen molar-refractivity contribution in [1.29, 1.82) is 0 Å².